The Balaban J connectivity index is 1.73. The van der Waals surface area contributed by atoms with Crippen LogP contribution in [0.1, 0.15) is 16.7 Å². The van der Waals surface area contributed by atoms with Crippen molar-refractivity contribution < 1.29 is 0 Å². The average molecular weight is 268 g/mol. The van der Waals surface area contributed by atoms with Gasteiger partial charge in [-0.1, -0.05) is 66.4 Å². The molecule has 96 valence electrons. The van der Waals surface area contributed by atoms with E-state index in [0.29, 0.717) is 0 Å². The van der Waals surface area contributed by atoms with Gasteiger partial charge in [0.1, 0.15) is 5.50 Å². The van der Waals surface area contributed by atoms with Gasteiger partial charge in [-0.3, -0.25) is 0 Å². The van der Waals surface area contributed by atoms with E-state index in [4.69, 9.17) is 5.73 Å². The summed E-state index contributed by atoms with van der Waals surface area (Å²) in [5.41, 5.74) is 10.7. The van der Waals surface area contributed by atoms with Crippen LogP contribution in [0.2, 0.25) is 0 Å². The number of rotatable bonds is 3. The summed E-state index contributed by atoms with van der Waals surface area (Å²) in [5, 5.41) is 5.32. The second kappa shape index (κ2) is 5.51. The second-order valence-electron chi connectivity index (χ2n) is 4.59. The van der Waals surface area contributed by atoms with Gasteiger partial charge in [-0.05, 0) is 28.5 Å². The Labute approximate surface area is 117 Å². The Hall–Kier alpha value is -1.71. The Morgan fingerprint density at radius 2 is 1.63 bits per heavy atom. The molecule has 3 rings (SSSR count). The summed E-state index contributed by atoms with van der Waals surface area (Å²) in [7, 11) is 0. The van der Waals surface area contributed by atoms with Crippen LogP contribution in [0, 0.1) is 0 Å². The summed E-state index contributed by atoms with van der Waals surface area (Å²) in [6.45, 7) is 0. The van der Waals surface area contributed by atoms with E-state index in [1.54, 1.807) is 11.8 Å². The summed E-state index contributed by atoms with van der Waals surface area (Å²) in [4.78, 5) is 0. The number of hydrogen-bond acceptors (Lipinski definition) is 3. The molecule has 0 aliphatic carbocycles. The van der Waals surface area contributed by atoms with Crippen LogP contribution in [-0.2, 0) is 6.42 Å². The quantitative estimate of drug-likeness (QED) is 0.898. The minimum Gasteiger partial charge on any atom is -0.360 e. The second-order valence-corrected chi connectivity index (χ2v) is 5.61. The van der Waals surface area contributed by atoms with Crippen LogP contribution < -0.4 is 11.1 Å². The van der Waals surface area contributed by atoms with Crippen molar-refractivity contribution in [1.82, 2.24) is 5.32 Å². The van der Waals surface area contributed by atoms with Crippen molar-refractivity contribution in [1.29, 1.82) is 0 Å². The molecule has 0 fully saturated rings. The van der Waals surface area contributed by atoms with Crippen molar-refractivity contribution in [3.63, 3.8) is 0 Å². The Morgan fingerprint density at radius 1 is 0.947 bits per heavy atom. The normalized spacial score (nSPS) is 17.9. The van der Waals surface area contributed by atoms with Crippen molar-refractivity contribution in [2.45, 2.75) is 11.9 Å². The van der Waals surface area contributed by atoms with Gasteiger partial charge in [0, 0.05) is 5.70 Å². The first kappa shape index (κ1) is 12.3. The molecule has 3 heteroatoms. The molecule has 0 aromatic heterocycles. The third-order valence-electron chi connectivity index (χ3n) is 3.15. The third kappa shape index (κ3) is 3.00. The molecular formula is C16H16N2S. The Kier molecular flexibility index (Phi) is 3.58. The molecule has 2 aromatic carbocycles. The van der Waals surface area contributed by atoms with Gasteiger partial charge in [-0.15, -0.1) is 0 Å². The molecule has 1 unspecified atom stereocenters. The molecule has 2 nitrogen and oxygen atoms in total. The largest absolute Gasteiger partial charge is 0.360 e. The molecule has 0 spiro atoms. The number of thioether (sulfide) groups is 1. The topological polar surface area (TPSA) is 38.0 Å². The van der Waals surface area contributed by atoms with Crippen molar-refractivity contribution >= 4 is 17.5 Å². The van der Waals surface area contributed by atoms with Crippen molar-refractivity contribution in [3.8, 4) is 0 Å². The summed E-state index contributed by atoms with van der Waals surface area (Å²) in [6, 6.07) is 19.2. The van der Waals surface area contributed by atoms with E-state index >= 15 is 0 Å². The average Bonchev–Trinajstić information content (AvgIpc) is 2.87. The summed E-state index contributed by atoms with van der Waals surface area (Å²) in [5.74, 6) is 0. The lowest BCUT2D eigenvalue weighted by atomic mass is 10.0. The number of nitrogens with one attached hydrogen (secondary N) is 1. The fourth-order valence-corrected chi connectivity index (χ4v) is 2.83. The SMILES string of the molecule is NC1NC(c2ccc(Cc3ccccc3)cc2)=CS1. The Morgan fingerprint density at radius 3 is 2.26 bits per heavy atom. The molecule has 0 bridgehead atoms. The van der Waals surface area contributed by atoms with E-state index in [1.807, 2.05) is 6.07 Å². The monoisotopic (exact) mass is 268 g/mol. The fourth-order valence-electron chi connectivity index (χ4n) is 2.15. The van der Waals surface area contributed by atoms with Gasteiger partial charge in [0.05, 0.1) is 0 Å². The third-order valence-corrected chi connectivity index (χ3v) is 3.93. The molecule has 2 aromatic rings. The lowest BCUT2D eigenvalue weighted by Gasteiger charge is -2.08. The maximum absolute atomic E-state index is 5.79. The predicted octanol–water partition coefficient (Wildman–Crippen LogP) is 3.15. The molecule has 1 aliphatic heterocycles. The van der Waals surface area contributed by atoms with Crippen LogP contribution in [0.5, 0.6) is 0 Å². The van der Waals surface area contributed by atoms with Crippen LogP contribution in [-0.4, -0.2) is 5.50 Å². The number of hydrogen-bond donors (Lipinski definition) is 2. The summed E-state index contributed by atoms with van der Waals surface area (Å²) < 4.78 is 0. The molecule has 0 radical (unpaired) electrons. The van der Waals surface area contributed by atoms with E-state index in [-0.39, 0.29) is 5.50 Å². The molecule has 0 amide bonds. The van der Waals surface area contributed by atoms with Gasteiger partial charge >= 0.3 is 0 Å². The van der Waals surface area contributed by atoms with Crippen LogP contribution in [0.25, 0.3) is 5.70 Å². The van der Waals surface area contributed by atoms with E-state index in [2.05, 4.69) is 59.3 Å². The molecule has 19 heavy (non-hydrogen) atoms. The highest BCUT2D eigenvalue weighted by Gasteiger charge is 2.12. The summed E-state index contributed by atoms with van der Waals surface area (Å²) >= 11 is 1.61. The van der Waals surface area contributed by atoms with Gasteiger partial charge in [0.15, 0.2) is 0 Å². The van der Waals surface area contributed by atoms with Crippen molar-refractivity contribution in [2.24, 2.45) is 5.73 Å². The standard InChI is InChI=1S/C16H16N2S/c17-16-18-15(11-19-16)14-8-6-13(7-9-14)10-12-4-2-1-3-5-12/h1-9,11,16,18H,10,17H2. The summed E-state index contributed by atoms with van der Waals surface area (Å²) in [6.07, 6.45) is 0.974. The predicted molar refractivity (Wildman–Crippen MR) is 82.4 cm³/mol. The molecule has 1 aliphatic rings. The minimum absolute atomic E-state index is 0.0148. The highest BCUT2D eigenvalue weighted by molar-refractivity contribution is 8.03. The van der Waals surface area contributed by atoms with Crippen LogP contribution in [0.15, 0.2) is 60.0 Å². The van der Waals surface area contributed by atoms with Gasteiger partial charge in [0.2, 0.25) is 0 Å². The zero-order chi connectivity index (χ0) is 13.1. The van der Waals surface area contributed by atoms with Crippen LogP contribution >= 0.6 is 11.8 Å². The molecular weight excluding hydrogens is 252 g/mol. The first-order valence-electron chi connectivity index (χ1n) is 6.32. The number of nitrogens with two attached hydrogens (primary N) is 1. The van der Waals surface area contributed by atoms with Crippen molar-refractivity contribution in [3.05, 3.63) is 76.7 Å². The van der Waals surface area contributed by atoms with Crippen molar-refractivity contribution in [2.75, 3.05) is 0 Å². The fraction of sp³-hybridized carbons (Fsp3) is 0.125. The van der Waals surface area contributed by atoms with Crippen LogP contribution in [0.4, 0.5) is 0 Å². The lowest BCUT2D eigenvalue weighted by Crippen LogP contribution is -2.28. The molecule has 1 heterocycles. The van der Waals surface area contributed by atoms with E-state index in [0.717, 1.165) is 12.1 Å². The first-order chi connectivity index (χ1) is 9.31. The molecule has 1 atom stereocenters. The van der Waals surface area contributed by atoms with E-state index < -0.39 is 0 Å². The minimum atomic E-state index is -0.0148. The maximum Gasteiger partial charge on any atom is 0.127 e. The zero-order valence-electron chi connectivity index (χ0n) is 10.5. The first-order valence-corrected chi connectivity index (χ1v) is 7.26. The van der Waals surface area contributed by atoms with Gasteiger partial charge in [0.25, 0.3) is 0 Å². The van der Waals surface area contributed by atoms with Crippen LogP contribution in [0.3, 0.4) is 0 Å². The molecule has 0 saturated heterocycles. The van der Waals surface area contributed by atoms with E-state index in [1.165, 1.54) is 16.7 Å². The highest BCUT2D eigenvalue weighted by atomic mass is 32.2. The van der Waals surface area contributed by atoms with Gasteiger partial charge in [-0.2, -0.15) is 0 Å². The van der Waals surface area contributed by atoms with Gasteiger partial charge < -0.3 is 11.1 Å². The molecule has 3 N–H and O–H groups in total. The van der Waals surface area contributed by atoms with Gasteiger partial charge in [-0.25, -0.2) is 0 Å². The Bertz CT molecular complexity index is 575. The smallest absolute Gasteiger partial charge is 0.127 e. The highest BCUT2D eigenvalue weighted by Crippen LogP contribution is 2.25. The molecule has 0 saturated carbocycles. The number of benzene rings is 2. The van der Waals surface area contributed by atoms with E-state index in [9.17, 15) is 0 Å². The maximum atomic E-state index is 5.79. The zero-order valence-corrected chi connectivity index (χ0v) is 11.4. The lowest BCUT2D eigenvalue weighted by molar-refractivity contribution is 0.853.